The summed E-state index contributed by atoms with van der Waals surface area (Å²) in [7, 11) is 0. The van der Waals surface area contributed by atoms with E-state index in [9.17, 15) is 22.0 Å². The zero-order valence-electron chi connectivity index (χ0n) is 19.3. The van der Waals surface area contributed by atoms with Crippen LogP contribution in [0.25, 0.3) is 0 Å². The molecular formula is C25H29F5N4S. The van der Waals surface area contributed by atoms with Gasteiger partial charge < -0.3 is 20.9 Å². The molecule has 0 bridgehead atoms. The summed E-state index contributed by atoms with van der Waals surface area (Å²) in [5.41, 5.74) is 8.05. The number of nitrogens with one attached hydrogen (secondary N) is 1. The van der Waals surface area contributed by atoms with E-state index in [2.05, 4.69) is 10.2 Å². The SMILES string of the molecule is NCCN1CCC(Nc2cc(C(F)(F)F)cc3c2Cc2ccc(N4CCC(F)(F)C4)cc2S3)CC1. The van der Waals surface area contributed by atoms with Crippen molar-refractivity contribution in [3.63, 3.8) is 0 Å². The number of halogens is 5. The van der Waals surface area contributed by atoms with E-state index in [1.54, 1.807) is 4.90 Å². The Hall–Kier alpha value is -2.04. The lowest BCUT2D eigenvalue weighted by Gasteiger charge is -2.34. The zero-order chi connectivity index (χ0) is 24.8. The van der Waals surface area contributed by atoms with Crippen LogP contribution in [0.1, 0.15) is 36.0 Å². The highest BCUT2D eigenvalue weighted by atomic mass is 32.2. The molecule has 0 aromatic heterocycles. The van der Waals surface area contributed by atoms with Crippen molar-refractivity contribution in [1.29, 1.82) is 0 Å². The number of hydrogen-bond donors (Lipinski definition) is 2. The first kappa shape index (κ1) is 24.6. The van der Waals surface area contributed by atoms with Crippen LogP contribution in [0.4, 0.5) is 33.3 Å². The number of anilines is 2. The lowest BCUT2D eigenvalue weighted by Crippen LogP contribution is -2.41. The predicted molar refractivity (Wildman–Crippen MR) is 129 cm³/mol. The molecule has 3 aliphatic rings. The zero-order valence-corrected chi connectivity index (χ0v) is 20.1. The second-order valence-electron chi connectivity index (χ2n) is 9.65. The Morgan fingerprint density at radius 1 is 1.06 bits per heavy atom. The third-order valence-corrected chi connectivity index (χ3v) is 8.29. The Morgan fingerprint density at radius 2 is 1.83 bits per heavy atom. The fourth-order valence-electron chi connectivity index (χ4n) is 5.16. The Morgan fingerprint density at radius 3 is 2.49 bits per heavy atom. The number of benzene rings is 2. The third kappa shape index (κ3) is 5.39. The topological polar surface area (TPSA) is 44.5 Å². The average Bonchev–Trinajstić information content (AvgIpc) is 3.18. The van der Waals surface area contributed by atoms with Crippen molar-refractivity contribution in [3.05, 3.63) is 47.0 Å². The van der Waals surface area contributed by atoms with Crippen LogP contribution in [0.5, 0.6) is 0 Å². The summed E-state index contributed by atoms with van der Waals surface area (Å²) in [6.07, 6.45) is -2.45. The molecule has 0 saturated carbocycles. The molecule has 2 fully saturated rings. The van der Waals surface area contributed by atoms with Gasteiger partial charge in [-0.25, -0.2) is 8.78 Å². The molecule has 3 heterocycles. The summed E-state index contributed by atoms with van der Waals surface area (Å²) in [6.45, 7) is 3.10. The van der Waals surface area contributed by atoms with Crippen LogP contribution in [-0.4, -0.2) is 56.1 Å². The molecule has 3 aliphatic heterocycles. The van der Waals surface area contributed by atoms with E-state index in [-0.39, 0.29) is 25.6 Å². The Balaban J connectivity index is 1.41. The minimum Gasteiger partial charge on any atom is -0.382 e. The van der Waals surface area contributed by atoms with Crippen molar-refractivity contribution in [2.45, 2.75) is 53.6 Å². The second-order valence-corrected chi connectivity index (χ2v) is 10.7. The van der Waals surface area contributed by atoms with Crippen molar-refractivity contribution in [1.82, 2.24) is 4.90 Å². The van der Waals surface area contributed by atoms with E-state index in [1.165, 1.54) is 23.9 Å². The summed E-state index contributed by atoms with van der Waals surface area (Å²) in [5.74, 6) is -2.71. The molecule has 4 nitrogen and oxygen atoms in total. The van der Waals surface area contributed by atoms with Gasteiger partial charge in [0.2, 0.25) is 0 Å². The molecule has 2 aromatic carbocycles. The molecule has 2 saturated heterocycles. The van der Waals surface area contributed by atoms with Gasteiger partial charge in [0.15, 0.2) is 0 Å². The molecule has 0 amide bonds. The number of alkyl halides is 5. The minimum absolute atomic E-state index is 0.0993. The van der Waals surface area contributed by atoms with E-state index < -0.39 is 17.7 Å². The summed E-state index contributed by atoms with van der Waals surface area (Å²) in [4.78, 5) is 5.32. The van der Waals surface area contributed by atoms with Crippen LogP contribution in [0.2, 0.25) is 0 Å². The largest absolute Gasteiger partial charge is 0.416 e. The quantitative estimate of drug-likeness (QED) is 0.446. The van der Waals surface area contributed by atoms with Gasteiger partial charge >= 0.3 is 6.18 Å². The highest BCUT2D eigenvalue weighted by Gasteiger charge is 2.39. The molecule has 0 atom stereocenters. The van der Waals surface area contributed by atoms with Gasteiger partial charge in [-0.1, -0.05) is 17.8 Å². The summed E-state index contributed by atoms with van der Waals surface area (Å²) < 4.78 is 68.7. The van der Waals surface area contributed by atoms with Gasteiger partial charge in [0.25, 0.3) is 5.92 Å². The van der Waals surface area contributed by atoms with Crippen LogP contribution < -0.4 is 16.0 Å². The van der Waals surface area contributed by atoms with Crippen molar-refractivity contribution >= 4 is 23.1 Å². The second kappa shape index (κ2) is 9.44. The normalized spacial score (nSPS) is 20.6. The molecule has 0 aliphatic carbocycles. The van der Waals surface area contributed by atoms with Crippen molar-refractivity contribution in [2.75, 3.05) is 49.5 Å². The fraction of sp³-hybridized carbons (Fsp3) is 0.520. The Labute approximate surface area is 206 Å². The molecule has 3 N–H and O–H groups in total. The van der Waals surface area contributed by atoms with E-state index >= 15 is 0 Å². The van der Waals surface area contributed by atoms with Crippen molar-refractivity contribution in [3.8, 4) is 0 Å². The third-order valence-electron chi connectivity index (χ3n) is 7.10. The van der Waals surface area contributed by atoms with Crippen LogP contribution in [-0.2, 0) is 12.6 Å². The van der Waals surface area contributed by atoms with Gasteiger partial charge in [-0.05, 0) is 48.2 Å². The molecule has 0 unspecified atom stereocenters. The Kier molecular flexibility index (Phi) is 6.65. The smallest absolute Gasteiger partial charge is 0.382 e. The van der Waals surface area contributed by atoms with E-state index in [1.807, 2.05) is 18.2 Å². The molecule has 0 radical (unpaired) electrons. The number of fused-ring (bicyclic) bond motifs is 2. The molecule has 190 valence electrons. The monoisotopic (exact) mass is 512 g/mol. The minimum atomic E-state index is -4.46. The highest BCUT2D eigenvalue weighted by Crippen LogP contribution is 2.47. The lowest BCUT2D eigenvalue weighted by atomic mass is 9.98. The van der Waals surface area contributed by atoms with Gasteiger partial charge in [-0.3, -0.25) is 0 Å². The summed E-state index contributed by atoms with van der Waals surface area (Å²) in [6, 6.07) is 8.15. The van der Waals surface area contributed by atoms with Crippen molar-refractivity contribution in [2.24, 2.45) is 5.73 Å². The van der Waals surface area contributed by atoms with Gasteiger partial charge in [-0.15, -0.1) is 0 Å². The van der Waals surface area contributed by atoms with Crippen LogP contribution in [0.3, 0.4) is 0 Å². The predicted octanol–water partition coefficient (Wildman–Crippen LogP) is 5.44. The molecule has 10 heteroatoms. The van der Waals surface area contributed by atoms with Crippen molar-refractivity contribution < 1.29 is 22.0 Å². The highest BCUT2D eigenvalue weighted by molar-refractivity contribution is 7.99. The van der Waals surface area contributed by atoms with Gasteiger partial charge in [0, 0.05) is 72.8 Å². The van der Waals surface area contributed by atoms with E-state index in [0.29, 0.717) is 29.2 Å². The first-order valence-electron chi connectivity index (χ1n) is 12.0. The maximum absolute atomic E-state index is 13.8. The number of hydrogen-bond acceptors (Lipinski definition) is 5. The van der Waals surface area contributed by atoms with Gasteiger partial charge in [-0.2, -0.15) is 13.2 Å². The number of likely N-dealkylation sites (tertiary alicyclic amines) is 1. The lowest BCUT2D eigenvalue weighted by molar-refractivity contribution is -0.137. The molecule has 2 aromatic rings. The maximum atomic E-state index is 13.8. The number of nitrogens with zero attached hydrogens (tertiary/aromatic N) is 2. The van der Waals surface area contributed by atoms with E-state index in [0.717, 1.165) is 48.5 Å². The first-order valence-corrected chi connectivity index (χ1v) is 12.8. The maximum Gasteiger partial charge on any atom is 0.416 e. The van der Waals surface area contributed by atoms with Crippen LogP contribution in [0.15, 0.2) is 40.1 Å². The standard InChI is InChI=1S/C25H29F5N4S/c26-24(27)5-9-34(15-24)19-2-1-16-11-20-21(32-18-3-7-33(8-4-18)10-6-31)12-17(25(28,29)30)13-23(20)35-22(16)14-19/h1-2,12-14,18,32H,3-11,15,31H2. The first-order chi connectivity index (χ1) is 16.6. The molecule has 5 rings (SSSR count). The van der Waals surface area contributed by atoms with Crippen LogP contribution >= 0.6 is 11.8 Å². The van der Waals surface area contributed by atoms with Gasteiger partial charge in [0.1, 0.15) is 0 Å². The summed E-state index contributed by atoms with van der Waals surface area (Å²) in [5, 5.41) is 3.42. The molecular weight excluding hydrogens is 483 g/mol. The van der Waals surface area contributed by atoms with Gasteiger partial charge in [0.05, 0.1) is 12.1 Å². The Bertz CT molecular complexity index is 1080. The molecule has 35 heavy (non-hydrogen) atoms. The number of rotatable bonds is 5. The number of nitrogens with two attached hydrogens (primary N) is 1. The van der Waals surface area contributed by atoms with E-state index in [4.69, 9.17) is 5.73 Å². The molecule has 0 spiro atoms. The fourth-order valence-corrected chi connectivity index (χ4v) is 6.34. The average molecular weight is 513 g/mol. The van der Waals surface area contributed by atoms with Crippen LogP contribution in [0, 0.1) is 0 Å². The number of piperidine rings is 1. The summed E-state index contributed by atoms with van der Waals surface area (Å²) >= 11 is 1.29.